The average Bonchev–Trinajstić information content (AvgIpc) is 3.18. The number of ether oxygens (including phenoxy) is 2. The molecule has 0 spiro atoms. The van der Waals surface area contributed by atoms with Crippen LogP contribution in [0.5, 0.6) is 11.5 Å². The van der Waals surface area contributed by atoms with Crippen molar-refractivity contribution >= 4 is 23.7 Å². The van der Waals surface area contributed by atoms with Gasteiger partial charge in [-0.2, -0.15) is 10.2 Å². The zero-order valence-electron chi connectivity index (χ0n) is 14.7. The number of hydrogen-bond acceptors (Lipinski definition) is 5. The normalized spacial score (nSPS) is 10.8. The molecule has 2 aromatic carbocycles. The smallest absolute Gasteiger partial charge is 0.289 e. The molecule has 1 aromatic heterocycles. The van der Waals surface area contributed by atoms with E-state index in [9.17, 15) is 4.79 Å². The van der Waals surface area contributed by atoms with E-state index in [0.717, 1.165) is 5.56 Å². The first-order valence-electron chi connectivity index (χ1n) is 7.97. The summed E-state index contributed by atoms with van der Waals surface area (Å²) in [6.07, 6.45) is 1.48. The summed E-state index contributed by atoms with van der Waals surface area (Å²) in [4.78, 5) is 12.2. The number of methoxy groups -OCH3 is 2. The van der Waals surface area contributed by atoms with Crippen molar-refractivity contribution in [1.29, 1.82) is 0 Å². The van der Waals surface area contributed by atoms with Crippen LogP contribution in [0.1, 0.15) is 16.1 Å². The Labute approximate surface area is 161 Å². The van der Waals surface area contributed by atoms with Gasteiger partial charge in [0.15, 0.2) is 0 Å². The Morgan fingerprint density at radius 2 is 1.93 bits per heavy atom. The van der Waals surface area contributed by atoms with Crippen LogP contribution in [0.15, 0.2) is 53.6 Å². The second-order valence-electron chi connectivity index (χ2n) is 5.48. The topological polar surface area (TPSA) is 88.6 Å². The van der Waals surface area contributed by atoms with Gasteiger partial charge in [-0.05, 0) is 36.4 Å². The SMILES string of the molecule is COc1ccc(OC)c(C=NNC(=O)c2cc(-c3ccc(Cl)cc3)n[nH]2)c1. The minimum Gasteiger partial charge on any atom is -0.497 e. The van der Waals surface area contributed by atoms with E-state index in [1.54, 1.807) is 50.6 Å². The molecule has 1 heterocycles. The van der Waals surface area contributed by atoms with Crippen LogP contribution in [0, 0.1) is 0 Å². The third-order valence-corrected chi connectivity index (χ3v) is 4.02. The van der Waals surface area contributed by atoms with Crippen molar-refractivity contribution in [2.45, 2.75) is 0 Å². The van der Waals surface area contributed by atoms with Gasteiger partial charge in [0.2, 0.25) is 0 Å². The Kier molecular flexibility index (Phi) is 5.73. The number of rotatable bonds is 6. The molecule has 3 rings (SSSR count). The predicted octanol–water partition coefficient (Wildman–Crippen LogP) is 3.51. The fraction of sp³-hybridized carbons (Fsp3) is 0.105. The zero-order chi connectivity index (χ0) is 19.2. The lowest BCUT2D eigenvalue weighted by atomic mass is 10.1. The molecule has 2 N–H and O–H groups in total. The predicted molar refractivity (Wildman–Crippen MR) is 104 cm³/mol. The molecule has 0 radical (unpaired) electrons. The largest absolute Gasteiger partial charge is 0.497 e. The van der Waals surface area contributed by atoms with Crippen LogP contribution in [0.2, 0.25) is 5.02 Å². The number of carbonyl (C=O) groups excluding carboxylic acids is 1. The first kappa shape index (κ1) is 18.5. The molecule has 0 aliphatic carbocycles. The Bertz CT molecular complexity index is 967. The molecule has 0 aliphatic heterocycles. The van der Waals surface area contributed by atoms with Crippen molar-refractivity contribution in [3.63, 3.8) is 0 Å². The highest BCUT2D eigenvalue weighted by atomic mass is 35.5. The molecule has 1 amide bonds. The third kappa shape index (κ3) is 4.45. The van der Waals surface area contributed by atoms with E-state index in [-0.39, 0.29) is 5.69 Å². The van der Waals surface area contributed by atoms with Crippen LogP contribution < -0.4 is 14.9 Å². The van der Waals surface area contributed by atoms with E-state index in [0.29, 0.717) is 27.8 Å². The van der Waals surface area contributed by atoms with E-state index in [1.165, 1.54) is 6.21 Å². The Balaban J connectivity index is 1.69. The molecule has 0 fully saturated rings. The van der Waals surface area contributed by atoms with Gasteiger partial charge in [0.25, 0.3) is 5.91 Å². The number of hydrazone groups is 1. The molecule has 27 heavy (non-hydrogen) atoms. The van der Waals surface area contributed by atoms with E-state index >= 15 is 0 Å². The summed E-state index contributed by atoms with van der Waals surface area (Å²) in [6, 6.07) is 14.1. The lowest BCUT2D eigenvalue weighted by Gasteiger charge is -2.06. The lowest BCUT2D eigenvalue weighted by Crippen LogP contribution is -2.18. The van der Waals surface area contributed by atoms with E-state index in [4.69, 9.17) is 21.1 Å². The van der Waals surface area contributed by atoms with Crippen LogP contribution in [0.4, 0.5) is 0 Å². The van der Waals surface area contributed by atoms with Crippen molar-refractivity contribution in [3.05, 3.63) is 64.8 Å². The highest BCUT2D eigenvalue weighted by Gasteiger charge is 2.10. The number of aromatic nitrogens is 2. The van der Waals surface area contributed by atoms with E-state index in [1.807, 2.05) is 12.1 Å². The second kappa shape index (κ2) is 8.37. The molecule has 0 bridgehead atoms. The molecule has 0 aliphatic rings. The molecule has 7 nitrogen and oxygen atoms in total. The van der Waals surface area contributed by atoms with Gasteiger partial charge in [-0.3, -0.25) is 9.89 Å². The summed E-state index contributed by atoms with van der Waals surface area (Å²) < 4.78 is 10.4. The molecule has 0 unspecified atom stereocenters. The van der Waals surface area contributed by atoms with Crippen LogP contribution >= 0.6 is 11.6 Å². The van der Waals surface area contributed by atoms with Crippen LogP contribution in [-0.2, 0) is 0 Å². The van der Waals surface area contributed by atoms with Crippen molar-refractivity contribution in [2.24, 2.45) is 5.10 Å². The van der Waals surface area contributed by atoms with Crippen molar-refractivity contribution in [1.82, 2.24) is 15.6 Å². The minimum absolute atomic E-state index is 0.287. The maximum Gasteiger partial charge on any atom is 0.289 e. The quantitative estimate of drug-likeness (QED) is 0.502. The first-order valence-corrected chi connectivity index (χ1v) is 8.35. The molecular weight excluding hydrogens is 368 g/mol. The van der Waals surface area contributed by atoms with Gasteiger partial charge in [-0.15, -0.1) is 0 Å². The maximum absolute atomic E-state index is 12.2. The highest BCUT2D eigenvalue weighted by molar-refractivity contribution is 6.30. The van der Waals surface area contributed by atoms with Crippen LogP contribution in [0.3, 0.4) is 0 Å². The highest BCUT2D eigenvalue weighted by Crippen LogP contribution is 2.22. The fourth-order valence-electron chi connectivity index (χ4n) is 2.37. The summed E-state index contributed by atoms with van der Waals surface area (Å²) in [6.45, 7) is 0. The van der Waals surface area contributed by atoms with E-state index in [2.05, 4.69) is 20.7 Å². The van der Waals surface area contributed by atoms with Gasteiger partial charge in [0.05, 0.1) is 26.1 Å². The molecule has 138 valence electrons. The fourth-order valence-corrected chi connectivity index (χ4v) is 2.49. The Morgan fingerprint density at radius 3 is 2.63 bits per heavy atom. The van der Waals surface area contributed by atoms with Gasteiger partial charge in [0, 0.05) is 16.1 Å². The number of nitrogens with zero attached hydrogens (tertiary/aromatic N) is 2. The molecule has 8 heteroatoms. The number of hydrogen-bond donors (Lipinski definition) is 2. The molecule has 0 saturated carbocycles. The van der Waals surface area contributed by atoms with Gasteiger partial charge >= 0.3 is 0 Å². The van der Waals surface area contributed by atoms with Gasteiger partial charge in [-0.25, -0.2) is 5.43 Å². The van der Waals surface area contributed by atoms with Gasteiger partial charge in [0.1, 0.15) is 17.2 Å². The minimum atomic E-state index is -0.416. The number of halogens is 1. The standard InChI is InChI=1S/C19H17ClN4O3/c1-26-15-7-8-18(27-2)13(9-15)11-21-24-19(25)17-10-16(22-23-17)12-3-5-14(20)6-4-12/h3-11H,1-2H3,(H,22,23)(H,24,25). The number of nitrogens with one attached hydrogen (secondary N) is 2. The number of H-pyrrole nitrogens is 1. The summed E-state index contributed by atoms with van der Waals surface area (Å²) >= 11 is 5.88. The van der Waals surface area contributed by atoms with Crippen molar-refractivity contribution in [3.8, 4) is 22.8 Å². The van der Waals surface area contributed by atoms with Crippen molar-refractivity contribution in [2.75, 3.05) is 14.2 Å². The Hall–Kier alpha value is -3.32. The first-order chi connectivity index (χ1) is 13.1. The summed E-state index contributed by atoms with van der Waals surface area (Å²) in [5.74, 6) is 0.853. The molecule has 0 saturated heterocycles. The molecular formula is C19H17ClN4O3. The van der Waals surface area contributed by atoms with Crippen LogP contribution in [0.25, 0.3) is 11.3 Å². The number of carbonyl (C=O) groups is 1. The monoisotopic (exact) mass is 384 g/mol. The van der Waals surface area contributed by atoms with Gasteiger partial charge < -0.3 is 9.47 Å². The summed E-state index contributed by atoms with van der Waals surface area (Å²) in [5, 5.41) is 11.4. The third-order valence-electron chi connectivity index (χ3n) is 3.77. The molecule has 0 atom stereocenters. The van der Waals surface area contributed by atoms with Crippen LogP contribution in [-0.4, -0.2) is 36.5 Å². The second-order valence-corrected chi connectivity index (χ2v) is 5.92. The van der Waals surface area contributed by atoms with Crippen molar-refractivity contribution < 1.29 is 14.3 Å². The zero-order valence-corrected chi connectivity index (χ0v) is 15.4. The number of benzene rings is 2. The number of amides is 1. The Morgan fingerprint density at radius 1 is 1.15 bits per heavy atom. The average molecular weight is 385 g/mol. The maximum atomic E-state index is 12.2. The summed E-state index contributed by atoms with van der Waals surface area (Å²) in [7, 11) is 3.13. The molecule has 3 aromatic rings. The van der Waals surface area contributed by atoms with Gasteiger partial charge in [-0.1, -0.05) is 23.7 Å². The van der Waals surface area contributed by atoms with E-state index < -0.39 is 5.91 Å². The number of aromatic amines is 1. The summed E-state index contributed by atoms with van der Waals surface area (Å²) in [5.41, 5.74) is 4.89. The lowest BCUT2D eigenvalue weighted by molar-refractivity contribution is 0.0950.